The van der Waals surface area contributed by atoms with Crippen LogP contribution in [0.2, 0.25) is 0 Å². The number of nitrogens with two attached hydrogens (primary N) is 1. The van der Waals surface area contributed by atoms with Gasteiger partial charge in [-0.05, 0) is 75.4 Å². The second kappa shape index (κ2) is 28.2. The first-order chi connectivity index (χ1) is 35.0. The number of unbranched alkanes of at least 4 members (excludes halogenated alkanes) is 2. The maximum absolute atomic E-state index is 14.6. The molecule has 2 aliphatic heterocycles. The van der Waals surface area contributed by atoms with E-state index in [0.29, 0.717) is 64.5 Å². The third-order valence-electron chi connectivity index (χ3n) is 15.3. The summed E-state index contributed by atoms with van der Waals surface area (Å²) < 4.78 is 12.1. The third kappa shape index (κ3) is 15.7. The fourth-order valence-electron chi connectivity index (χ4n) is 10.7. The van der Waals surface area contributed by atoms with Crippen LogP contribution in [-0.4, -0.2) is 163 Å². The molecular weight excluding hydrogens is 951 g/mol. The minimum Gasteiger partial charge on any atom is -0.379 e. The van der Waals surface area contributed by atoms with Crippen LogP contribution >= 0.6 is 0 Å². The topological polar surface area (TPSA) is 259 Å². The molecule has 1 aromatic rings. The molecular formula is C54H85N9O11. The first-order valence-corrected chi connectivity index (χ1v) is 26.4. The van der Waals surface area contributed by atoms with E-state index in [1.807, 2.05) is 76.8 Å². The molecule has 1 saturated carbocycles. The smallest absolute Gasteiger partial charge is 0.253 e. The van der Waals surface area contributed by atoms with E-state index in [9.17, 15) is 43.2 Å². The van der Waals surface area contributed by atoms with E-state index in [1.54, 1.807) is 30.8 Å². The van der Waals surface area contributed by atoms with Gasteiger partial charge in [-0.15, -0.1) is 0 Å². The van der Waals surface area contributed by atoms with Crippen molar-refractivity contribution in [3.63, 3.8) is 0 Å². The number of likely N-dealkylation sites (tertiary alicyclic amines) is 1. The number of hydrogen-bond acceptors (Lipinski definition) is 12. The molecule has 7 unspecified atom stereocenters. The molecule has 20 heteroatoms. The molecule has 4 rings (SSSR count). The summed E-state index contributed by atoms with van der Waals surface area (Å²) in [5.41, 5.74) is 10.4. The minimum absolute atomic E-state index is 0.0589. The highest BCUT2D eigenvalue weighted by Crippen LogP contribution is 2.51. The highest BCUT2D eigenvalue weighted by molar-refractivity contribution is 6.12. The van der Waals surface area contributed by atoms with E-state index in [-0.39, 0.29) is 84.9 Å². The van der Waals surface area contributed by atoms with E-state index >= 15 is 0 Å². The van der Waals surface area contributed by atoms with Crippen molar-refractivity contribution in [2.24, 2.45) is 29.4 Å². The van der Waals surface area contributed by atoms with E-state index < -0.39 is 65.6 Å². The van der Waals surface area contributed by atoms with Crippen LogP contribution in [0.15, 0.2) is 42.5 Å². The van der Waals surface area contributed by atoms with Crippen LogP contribution in [0.1, 0.15) is 131 Å². The SMILES string of the molecule is CCC(C)C(C(CC(=O)N1CCC[C@H]1C(OC)C(C)C(=O)N[C@@]1(C(N)=O)C[C@@H]1c1ccccc1)OC)N(C)C(=O)C(NC(=O)C(C(C)C)N(C)CCCC(=O)NNC(=O)CCCCCN1C(=O)C=CC1=O)C(C)C. The van der Waals surface area contributed by atoms with Gasteiger partial charge in [-0.1, -0.05) is 91.6 Å². The quantitative estimate of drug-likeness (QED) is 0.0424. The van der Waals surface area contributed by atoms with Gasteiger partial charge in [-0.25, -0.2) is 0 Å². The van der Waals surface area contributed by atoms with Gasteiger partial charge in [0.1, 0.15) is 11.6 Å². The Kier molecular flexibility index (Phi) is 23.2. The molecule has 0 spiro atoms. The minimum atomic E-state index is -1.21. The second-order valence-electron chi connectivity index (χ2n) is 21.2. The summed E-state index contributed by atoms with van der Waals surface area (Å²) in [7, 11) is 6.50. The molecule has 3 aliphatic rings. The lowest BCUT2D eigenvalue weighted by Crippen LogP contribution is -2.60. The number of nitrogens with zero attached hydrogens (tertiary/aromatic N) is 4. The Balaban J connectivity index is 1.33. The van der Waals surface area contributed by atoms with E-state index in [1.165, 1.54) is 26.4 Å². The highest BCUT2D eigenvalue weighted by Gasteiger charge is 2.61. The van der Waals surface area contributed by atoms with E-state index in [0.717, 1.165) is 10.5 Å². The lowest BCUT2D eigenvalue weighted by molar-refractivity contribution is -0.148. The number of likely N-dealkylation sites (N-methyl/N-ethyl adjacent to an activating group) is 2. The number of benzene rings is 1. The summed E-state index contributed by atoms with van der Waals surface area (Å²) in [4.78, 5) is 125. The Hall–Kier alpha value is -5.73. The Morgan fingerprint density at radius 3 is 2.00 bits per heavy atom. The molecule has 6 N–H and O–H groups in total. The number of imide groups is 1. The lowest BCUT2D eigenvalue weighted by Gasteiger charge is -2.41. The van der Waals surface area contributed by atoms with Crippen molar-refractivity contribution in [2.45, 2.75) is 167 Å². The number of nitrogens with one attached hydrogen (secondary N) is 4. The van der Waals surface area contributed by atoms with E-state index in [4.69, 9.17) is 15.2 Å². The van der Waals surface area contributed by atoms with Gasteiger partial charge in [0.05, 0.1) is 42.7 Å². The molecule has 1 saturated heterocycles. The van der Waals surface area contributed by atoms with Crippen molar-refractivity contribution in [1.82, 2.24) is 41.1 Å². The van der Waals surface area contributed by atoms with Gasteiger partial charge in [0, 0.05) is 65.3 Å². The van der Waals surface area contributed by atoms with Crippen LogP contribution < -0.4 is 27.2 Å². The van der Waals surface area contributed by atoms with Gasteiger partial charge in [0.2, 0.25) is 41.4 Å². The zero-order valence-electron chi connectivity index (χ0n) is 45.6. The average Bonchev–Trinajstić information content (AvgIpc) is 3.73. The van der Waals surface area contributed by atoms with Crippen LogP contribution in [0.5, 0.6) is 0 Å². The van der Waals surface area contributed by atoms with Gasteiger partial charge in [0.25, 0.3) is 11.8 Å². The summed E-state index contributed by atoms with van der Waals surface area (Å²) >= 11 is 0. The maximum Gasteiger partial charge on any atom is 0.253 e. The Labute approximate surface area is 437 Å². The number of hydrogen-bond donors (Lipinski definition) is 5. The van der Waals surface area contributed by atoms with E-state index in [2.05, 4.69) is 21.5 Å². The van der Waals surface area contributed by atoms with Crippen molar-refractivity contribution in [1.29, 1.82) is 0 Å². The largest absolute Gasteiger partial charge is 0.379 e. The Morgan fingerprint density at radius 1 is 0.824 bits per heavy atom. The average molecular weight is 1040 g/mol. The molecule has 0 radical (unpaired) electrons. The number of carbonyl (C=O) groups is 9. The zero-order valence-corrected chi connectivity index (χ0v) is 45.6. The first kappa shape index (κ1) is 60.8. The number of methoxy groups -OCH3 is 2. The summed E-state index contributed by atoms with van der Waals surface area (Å²) in [6, 6.07) is 6.88. The number of primary amides is 1. The van der Waals surface area contributed by atoms with Gasteiger partial charge in [-0.2, -0.15) is 0 Å². The van der Waals surface area contributed by atoms with Crippen LogP contribution in [0, 0.1) is 23.7 Å². The number of rotatable bonds is 30. The van der Waals surface area contributed by atoms with Crippen molar-refractivity contribution < 1.29 is 52.6 Å². The monoisotopic (exact) mass is 1040 g/mol. The molecule has 2 fully saturated rings. The lowest BCUT2D eigenvalue weighted by atomic mass is 9.89. The fraction of sp³-hybridized carbons (Fsp3) is 0.685. The summed E-state index contributed by atoms with van der Waals surface area (Å²) in [6.45, 7) is 14.4. The number of carbonyl (C=O) groups excluding carboxylic acids is 9. The molecule has 10 atom stereocenters. The molecule has 1 aromatic carbocycles. The molecule has 1 aliphatic carbocycles. The predicted molar refractivity (Wildman–Crippen MR) is 278 cm³/mol. The van der Waals surface area contributed by atoms with Gasteiger partial charge < -0.3 is 35.6 Å². The summed E-state index contributed by atoms with van der Waals surface area (Å²) in [5.74, 6) is -4.91. The molecule has 74 heavy (non-hydrogen) atoms. The van der Waals surface area contributed by atoms with Gasteiger partial charge >= 0.3 is 0 Å². The standard InChI is InChI=1S/C54H85N9O11/c1-12-35(6)48(40(73-10)31-45(68)62-30-19-23-39(62)49(74-11)36(7)50(69)57-54(53(55)72)32-38(54)37-21-15-13-16-22-37)61(9)52(71)46(33(2)3)56-51(70)47(34(4)5)60(8)28-20-25-42(65)59-58-41(64)24-17-14-18-29-63-43(66)26-27-44(63)67/h13,15-16,21-22,26-27,33-36,38-40,46-49H,12,14,17-20,23-25,28-32H2,1-11H3,(H2,55,72)(H,56,70)(H,57,69)(H,58,64)(H,59,65)/t35?,36?,38-,39+,40?,46?,47?,48?,49?,54+/m1/s1. The molecule has 9 amide bonds. The Morgan fingerprint density at radius 2 is 1.45 bits per heavy atom. The van der Waals surface area contributed by atoms with Crippen molar-refractivity contribution >= 4 is 53.2 Å². The molecule has 0 bridgehead atoms. The highest BCUT2D eigenvalue weighted by atomic mass is 16.5. The third-order valence-corrected chi connectivity index (χ3v) is 15.3. The zero-order chi connectivity index (χ0) is 55.0. The predicted octanol–water partition coefficient (Wildman–Crippen LogP) is 2.94. The molecule has 2 heterocycles. The van der Waals surface area contributed by atoms with Crippen molar-refractivity contribution in [3.05, 3.63) is 48.0 Å². The number of ether oxygens (including phenoxy) is 2. The van der Waals surface area contributed by atoms with Crippen LogP contribution in [0.4, 0.5) is 0 Å². The molecule has 20 nitrogen and oxygen atoms in total. The van der Waals surface area contributed by atoms with Crippen molar-refractivity contribution in [2.75, 3.05) is 47.9 Å². The van der Waals surface area contributed by atoms with Gasteiger partial charge in [-0.3, -0.25) is 63.8 Å². The van der Waals surface area contributed by atoms with Crippen LogP contribution in [0.3, 0.4) is 0 Å². The number of amides is 9. The fourth-order valence-corrected chi connectivity index (χ4v) is 10.7. The number of hydrazine groups is 1. The maximum atomic E-state index is 14.6. The summed E-state index contributed by atoms with van der Waals surface area (Å²) in [6.07, 6.45) is 5.64. The molecule has 412 valence electrons. The van der Waals surface area contributed by atoms with Crippen LogP contribution in [0.25, 0.3) is 0 Å². The second-order valence-corrected chi connectivity index (χ2v) is 21.2. The van der Waals surface area contributed by atoms with Crippen LogP contribution in [-0.2, 0) is 52.6 Å². The first-order valence-electron chi connectivity index (χ1n) is 26.4. The van der Waals surface area contributed by atoms with Gasteiger partial charge in [0.15, 0.2) is 0 Å². The molecule has 0 aromatic heterocycles. The Bertz CT molecular complexity index is 2140. The summed E-state index contributed by atoms with van der Waals surface area (Å²) in [5, 5.41) is 6.00. The van der Waals surface area contributed by atoms with Crippen molar-refractivity contribution in [3.8, 4) is 0 Å². The normalized spacial score (nSPS) is 21.2.